The molecule has 0 aliphatic rings. The van der Waals surface area contributed by atoms with Gasteiger partial charge in [-0.15, -0.1) is 0 Å². The zero-order chi connectivity index (χ0) is 59.2. The molecule has 7 unspecified atom stereocenters. The molecule has 0 aliphatic heterocycles. The maximum Gasteiger partial charge on any atom is 0.139 e. The molecule has 0 rings (SSSR count). The summed E-state index contributed by atoms with van der Waals surface area (Å²) >= 11 is 0. The summed E-state index contributed by atoms with van der Waals surface area (Å²) in [6, 6.07) is 1.08. The zero-order valence-corrected chi connectivity index (χ0v) is 48.5. The molecule has 24 heteroatoms. The van der Waals surface area contributed by atoms with Crippen molar-refractivity contribution < 1.29 is 109 Å². The largest absolute Gasteiger partial charge is 0.544 e. The predicted octanol–water partition coefficient (Wildman–Crippen LogP) is -7.71. The average molecular weight is 1090 g/mol. The number of carboxylic acid groups (broad SMARTS) is 3. The van der Waals surface area contributed by atoms with E-state index in [0.717, 1.165) is 32.6 Å². The van der Waals surface area contributed by atoms with E-state index in [4.69, 9.17) is 39.7 Å². The summed E-state index contributed by atoms with van der Waals surface area (Å²) in [6.45, 7) is 35.2. The van der Waals surface area contributed by atoms with Crippen molar-refractivity contribution in [3.63, 3.8) is 0 Å². The minimum atomic E-state index is -1.20. The van der Waals surface area contributed by atoms with E-state index in [9.17, 15) is 45.0 Å². The molecule has 0 aromatic rings. The number of carbonyl (C=O) groups is 3. The van der Waals surface area contributed by atoms with Crippen LogP contribution in [0.5, 0.6) is 0 Å². The van der Waals surface area contributed by atoms with Crippen molar-refractivity contribution in [1.29, 1.82) is 0 Å². The molecule has 0 radical (unpaired) electrons. The monoisotopic (exact) mass is 1090 g/mol. The number of ether oxygens (including phenoxy) is 3. The van der Waals surface area contributed by atoms with Gasteiger partial charge in [0.15, 0.2) is 0 Å². The van der Waals surface area contributed by atoms with Gasteiger partial charge in [0.1, 0.15) is 102 Å². The van der Waals surface area contributed by atoms with Gasteiger partial charge < -0.3 is 119 Å². The van der Waals surface area contributed by atoms with Crippen LogP contribution in [-0.2, 0) is 28.6 Å². The standard InChI is InChI=1S/C13H27NO5.C11H23NO5.C10H21NO5.C9H20N2O.C8H18N2O/c1-4-5-14(6-7-15,9-13(17)18)8-12(16)10-19-11(2)3;1-9(2)17-8-10(14)6-12(3,4-5-13)7-11(15)16;1-8(2)16-7-9(13)5-11(3-4-12)6-10(14)15;1-8(2)10-5-6-11(4)7-9(3)12;1-7(2)10-5-4-9-6-8(3)11/h11-12,15-16H,4-10H2,1-3H3;9-10,13-14H,4-8H2,1-3H3;8-9,12-13H,3-7H2,1-2H3,(H,14,15);8,10,12H,3,5-7H2,1-2,4H3;7,9-11H,3-6H2,1-2H3/p+2. The van der Waals surface area contributed by atoms with Crippen molar-refractivity contribution in [3.05, 3.63) is 24.7 Å². The number of carboxylic acids is 3. The van der Waals surface area contributed by atoms with Crippen LogP contribution >= 0.6 is 0 Å². The van der Waals surface area contributed by atoms with E-state index in [1.807, 2.05) is 60.8 Å². The van der Waals surface area contributed by atoms with Gasteiger partial charge in [0.2, 0.25) is 0 Å². The molecule has 0 saturated carbocycles. The lowest BCUT2D eigenvalue weighted by Crippen LogP contribution is -3.15. The second kappa shape index (κ2) is 50.4. The number of aliphatic carboxylic acids is 3. The van der Waals surface area contributed by atoms with Crippen LogP contribution in [0.2, 0.25) is 0 Å². The molecule has 0 heterocycles. The van der Waals surface area contributed by atoms with Gasteiger partial charge in [0.05, 0.1) is 110 Å². The Morgan fingerprint density at radius 3 is 1.48 bits per heavy atom. The van der Waals surface area contributed by atoms with Gasteiger partial charge in [-0.2, -0.15) is 0 Å². The van der Waals surface area contributed by atoms with Gasteiger partial charge in [0.25, 0.3) is 0 Å². The van der Waals surface area contributed by atoms with Gasteiger partial charge in [-0.1, -0.05) is 47.8 Å². The van der Waals surface area contributed by atoms with Gasteiger partial charge >= 0.3 is 0 Å². The third-order valence-electron chi connectivity index (χ3n) is 10.3. The number of nitrogens with two attached hydrogens (primary N) is 1. The Bertz CT molecular complexity index is 1400. The molecular weight excluding hydrogens is 983 g/mol. The van der Waals surface area contributed by atoms with Crippen LogP contribution in [0.4, 0.5) is 0 Å². The van der Waals surface area contributed by atoms with Crippen LogP contribution in [0, 0.1) is 0 Å². The quantitative estimate of drug-likeness (QED) is 0.0154. The molecule has 0 bridgehead atoms. The Morgan fingerprint density at radius 2 is 1.09 bits per heavy atom. The van der Waals surface area contributed by atoms with E-state index in [0.29, 0.717) is 43.2 Å². The van der Waals surface area contributed by atoms with Crippen molar-refractivity contribution in [3.8, 4) is 0 Å². The summed E-state index contributed by atoms with van der Waals surface area (Å²) in [6.07, 6.45) is -1.41. The summed E-state index contributed by atoms with van der Waals surface area (Å²) in [5.74, 6) is -3.05. The zero-order valence-electron chi connectivity index (χ0n) is 48.5. The van der Waals surface area contributed by atoms with Gasteiger partial charge in [-0.3, -0.25) is 0 Å². The highest BCUT2D eigenvalue weighted by atomic mass is 16.5. The van der Waals surface area contributed by atoms with Crippen LogP contribution in [0.1, 0.15) is 82.6 Å². The molecule has 450 valence electrons. The third-order valence-corrected chi connectivity index (χ3v) is 10.3. The molecule has 14 N–H and O–H groups in total. The fraction of sp³-hybridized carbons (Fsp3) is 0.863. The smallest absolute Gasteiger partial charge is 0.139 e. The fourth-order valence-corrected chi connectivity index (χ4v) is 7.01. The number of quaternary nitrogens is 5. The van der Waals surface area contributed by atoms with Crippen LogP contribution in [-0.4, -0.2) is 275 Å². The van der Waals surface area contributed by atoms with E-state index in [1.54, 1.807) is 7.05 Å². The molecule has 0 amide bonds. The first-order valence-corrected chi connectivity index (χ1v) is 26.4. The normalized spacial score (nSPS) is 14.8. The lowest BCUT2D eigenvalue weighted by atomic mass is 10.2. The van der Waals surface area contributed by atoms with Crippen LogP contribution in [0.15, 0.2) is 24.7 Å². The Balaban J connectivity index is -0.000000276. The molecule has 0 aliphatic carbocycles. The number of hydrogen-bond donors (Lipinski definition) is 13. The van der Waals surface area contributed by atoms with E-state index in [1.165, 1.54) is 4.90 Å². The van der Waals surface area contributed by atoms with Crippen molar-refractivity contribution >= 4 is 17.9 Å². The first-order chi connectivity index (χ1) is 34.7. The number of nitrogens with one attached hydrogen (secondary N) is 4. The minimum Gasteiger partial charge on any atom is -0.544 e. The minimum absolute atomic E-state index is 0.0155. The van der Waals surface area contributed by atoms with E-state index in [-0.39, 0.29) is 131 Å². The number of nitrogens with zero attached hydrogens (tertiary/aromatic N) is 2. The van der Waals surface area contributed by atoms with E-state index >= 15 is 0 Å². The first-order valence-electron chi connectivity index (χ1n) is 26.4. The number of aliphatic hydroxyl groups excluding tert-OH is 8. The van der Waals surface area contributed by atoms with Gasteiger partial charge in [-0.05, 0) is 48.0 Å². The van der Waals surface area contributed by atoms with Gasteiger partial charge in [-0.25, -0.2) is 0 Å². The Morgan fingerprint density at radius 1 is 0.627 bits per heavy atom. The Hall–Kier alpha value is -3.15. The highest BCUT2D eigenvalue weighted by Gasteiger charge is 2.30. The van der Waals surface area contributed by atoms with Crippen LogP contribution < -0.4 is 41.1 Å². The molecule has 0 saturated heterocycles. The Kier molecular flexibility index (Phi) is 54.2. The molecule has 24 nitrogen and oxygen atoms in total. The van der Waals surface area contributed by atoms with Gasteiger partial charge in [0, 0.05) is 25.2 Å². The summed E-state index contributed by atoms with van der Waals surface area (Å²) in [7, 11) is 3.70. The third kappa shape index (κ3) is 63.3. The molecule has 0 fully saturated rings. The lowest BCUT2D eigenvalue weighted by molar-refractivity contribution is -0.926. The fourth-order valence-electron chi connectivity index (χ4n) is 7.01. The maximum absolute atomic E-state index is 10.9. The summed E-state index contributed by atoms with van der Waals surface area (Å²) in [5, 5.41) is 114. The molecule has 0 aromatic heterocycles. The van der Waals surface area contributed by atoms with Crippen molar-refractivity contribution in [2.24, 2.45) is 0 Å². The molecule has 75 heavy (non-hydrogen) atoms. The Labute approximate surface area is 450 Å². The van der Waals surface area contributed by atoms with Crippen molar-refractivity contribution in [1.82, 2.24) is 10.6 Å². The summed E-state index contributed by atoms with van der Waals surface area (Å²) < 4.78 is 15.9. The molecule has 7 atom stereocenters. The van der Waals surface area contributed by atoms with E-state index < -0.39 is 36.2 Å². The second-order valence-electron chi connectivity index (χ2n) is 20.6. The first kappa shape index (κ1) is 80.7. The number of rotatable bonds is 41. The topological polar surface area (TPSA) is 359 Å². The van der Waals surface area contributed by atoms with E-state index in [2.05, 4.69) is 51.5 Å². The number of carbonyl (C=O) groups excluding carboxylic acids is 3. The highest BCUT2D eigenvalue weighted by Crippen LogP contribution is 2.11. The SMILES string of the molecule is C=C(O)C[NH+](C)CCNC(C)C.C=C(O)C[NH2+]CCNC(C)C.CC(C)OCC(O)C[N+](C)(CCO)CC(=O)[O-].CC(C)OCC(O)C[NH+](CCO)CC(=O)[O-].CCC[N+](CCO)(CC(=O)[O-])CC(O)COC(C)C. The molecule has 0 aromatic carbocycles. The highest BCUT2D eigenvalue weighted by molar-refractivity contribution is 5.66. The van der Waals surface area contributed by atoms with Crippen LogP contribution in [0.3, 0.4) is 0 Å². The van der Waals surface area contributed by atoms with Crippen molar-refractivity contribution in [2.45, 2.75) is 131 Å². The average Bonchev–Trinajstić information content (AvgIpc) is 3.24. The summed E-state index contributed by atoms with van der Waals surface area (Å²) in [5.41, 5.74) is 0. The number of hydrogen-bond acceptors (Lipinski definition) is 19. The van der Waals surface area contributed by atoms with Crippen LogP contribution in [0.25, 0.3) is 0 Å². The molecular formula is C51H111N7O17+2. The number of likely N-dealkylation sites (N-methyl/N-ethyl adjacent to an activating group) is 2. The second-order valence-corrected chi connectivity index (χ2v) is 20.6. The maximum atomic E-state index is 10.9. The number of aliphatic hydroxyl groups is 8. The van der Waals surface area contributed by atoms with Crippen molar-refractivity contribution in [2.75, 3.05) is 158 Å². The lowest BCUT2D eigenvalue weighted by Gasteiger charge is -2.39. The molecule has 0 spiro atoms. The summed E-state index contributed by atoms with van der Waals surface area (Å²) in [4.78, 5) is 33.8. The predicted molar refractivity (Wildman–Crippen MR) is 282 cm³/mol.